The van der Waals surface area contributed by atoms with Gasteiger partial charge in [0.2, 0.25) is 5.78 Å². The van der Waals surface area contributed by atoms with Crippen molar-refractivity contribution in [2.45, 2.75) is 58.2 Å². The molecule has 0 atom stereocenters. The molecule has 0 radical (unpaired) electrons. The smallest absolute Gasteiger partial charge is 0.212 e. The summed E-state index contributed by atoms with van der Waals surface area (Å²) >= 11 is 0. The van der Waals surface area contributed by atoms with E-state index in [0.717, 1.165) is 11.2 Å². The molecule has 32 heavy (non-hydrogen) atoms. The SMILES string of the molecule is CC(C)[Si](C(C)C)(C(C)C)n1ccc(-c2ccc3nc(C(=O)c4ccccc4)cn3c2)c1. The van der Waals surface area contributed by atoms with Gasteiger partial charge in [0.1, 0.15) is 11.3 Å². The summed E-state index contributed by atoms with van der Waals surface area (Å²) in [7, 11) is -1.76. The molecular weight excluding hydrogens is 410 g/mol. The van der Waals surface area contributed by atoms with E-state index in [0.29, 0.717) is 27.9 Å². The van der Waals surface area contributed by atoms with Gasteiger partial charge in [0.25, 0.3) is 0 Å². The second-order valence-electron chi connectivity index (χ2n) is 9.66. The number of ketones is 1. The van der Waals surface area contributed by atoms with E-state index in [2.05, 4.69) is 81.5 Å². The maximum absolute atomic E-state index is 12.8. The Morgan fingerprint density at radius 3 is 2.03 bits per heavy atom. The maximum Gasteiger partial charge on any atom is 0.212 e. The van der Waals surface area contributed by atoms with Crippen molar-refractivity contribution in [3.63, 3.8) is 0 Å². The predicted octanol–water partition coefficient (Wildman–Crippen LogP) is 7.06. The quantitative estimate of drug-likeness (QED) is 0.227. The molecule has 4 rings (SSSR count). The molecule has 4 nitrogen and oxygen atoms in total. The van der Waals surface area contributed by atoms with E-state index in [1.165, 1.54) is 5.56 Å². The predicted molar refractivity (Wildman–Crippen MR) is 135 cm³/mol. The maximum atomic E-state index is 12.8. The average molecular weight is 444 g/mol. The first-order valence-corrected chi connectivity index (χ1v) is 13.7. The number of benzene rings is 1. The average Bonchev–Trinajstić information content (AvgIpc) is 3.40. The van der Waals surface area contributed by atoms with Gasteiger partial charge in [-0.2, -0.15) is 0 Å². The molecule has 0 fully saturated rings. The fourth-order valence-electron chi connectivity index (χ4n) is 5.71. The Bertz CT molecular complexity index is 1210. The molecule has 0 bridgehead atoms. The van der Waals surface area contributed by atoms with E-state index in [1.54, 1.807) is 0 Å². The molecule has 1 aromatic carbocycles. The largest absolute Gasteiger partial charge is 0.379 e. The molecule has 0 aliphatic rings. The van der Waals surface area contributed by atoms with Crippen LogP contribution < -0.4 is 0 Å². The van der Waals surface area contributed by atoms with Crippen LogP contribution in [0.25, 0.3) is 16.8 Å². The molecule has 0 N–H and O–H groups in total. The van der Waals surface area contributed by atoms with Crippen molar-refractivity contribution in [3.8, 4) is 11.1 Å². The summed E-state index contributed by atoms with van der Waals surface area (Å²) in [5, 5.41) is 0. The summed E-state index contributed by atoms with van der Waals surface area (Å²) in [5.41, 5.74) is 6.17. The lowest BCUT2D eigenvalue weighted by atomic mass is 10.1. The number of rotatable bonds is 7. The molecule has 0 aliphatic carbocycles. The van der Waals surface area contributed by atoms with E-state index >= 15 is 0 Å². The molecule has 0 saturated carbocycles. The number of hydrogen-bond acceptors (Lipinski definition) is 2. The van der Waals surface area contributed by atoms with Crippen molar-refractivity contribution < 1.29 is 4.79 Å². The molecule has 0 unspecified atom stereocenters. The number of fused-ring (bicyclic) bond motifs is 1. The number of carbonyl (C=O) groups is 1. The minimum absolute atomic E-state index is 0.0522. The first kappa shape index (κ1) is 22.3. The number of imidazole rings is 1. The second kappa shape index (κ2) is 8.55. The summed E-state index contributed by atoms with van der Waals surface area (Å²) < 4.78 is 4.52. The molecule has 4 aromatic rings. The Hall–Kier alpha value is -2.92. The van der Waals surface area contributed by atoms with Crippen LogP contribution in [0.15, 0.2) is 73.3 Å². The van der Waals surface area contributed by atoms with Crippen LogP contribution >= 0.6 is 0 Å². The van der Waals surface area contributed by atoms with Crippen LogP contribution in [-0.4, -0.2) is 27.6 Å². The summed E-state index contributed by atoms with van der Waals surface area (Å²) in [4.78, 5) is 17.4. The van der Waals surface area contributed by atoms with Crippen LogP contribution in [0, 0.1) is 0 Å². The first-order chi connectivity index (χ1) is 15.2. The van der Waals surface area contributed by atoms with Gasteiger partial charge < -0.3 is 8.63 Å². The van der Waals surface area contributed by atoms with Crippen LogP contribution in [0.5, 0.6) is 0 Å². The molecule has 0 aliphatic heterocycles. The number of nitrogens with zero attached hydrogens (tertiary/aromatic N) is 3. The van der Waals surface area contributed by atoms with Crippen LogP contribution in [0.4, 0.5) is 0 Å². The van der Waals surface area contributed by atoms with Gasteiger partial charge in [-0.15, -0.1) is 0 Å². The minimum atomic E-state index is -1.76. The molecule has 0 spiro atoms. The van der Waals surface area contributed by atoms with Gasteiger partial charge in [0.05, 0.1) is 0 Å². The molecule has 0 saturated heterocycles. The Morgan fingerprint density at radius 2 is 1.41 bits per heavy atom. The lowest BCUT2D eigenvalue weighted by molar-refractivity contribution is 0.103. The third-order valence-electron chi connectivity index (χ3n) is 6.97. The van der Waals surface area contributed by atoms with Gasteiger partial charge in [-0.1, -0.05) is 71.9 Å². The Balaban J connectivity index is 1.71. The van der Waals surface area contributed by atoms with Crippen LogP contribution in [0.2, 0.25) is 16.6 Å². The zero-order chi connectivity index (χ0) is 23.0. The van der Waals surface area contributed by atoms with Crippen molar-refractivity contribution in [1.82, 2.24) is 13.6 Å². The van der Waals surface area contributed by atoms with E-state index in [-0.39, 0.29) is 5.78 Å². The van der Waals surface area contributed by atoms with Crippen molar-refractivity contribution in [2.24, 2.45) is 0 Å². The zero-order valence-corrected chi connectivity index (χ0v) is 20.9. The van der Waals surface area contributed by atoms with E-state index in [1.807, 2.05) is 47.0 Å². The van der Waals surface area contributed by atoms with Gasteiger partial charge in [0.15, 0.2) is 8.24 Å². The highest BCUT2D eigenvalue weighted by Crippen LogP contribution is 2.43. The van der Waals surface area contributed by atoms with Crippen molar-refractivity contribution >= 4 is 19.7 Å². The third-order valence-corrected chi connectivity index (χ3v) is 13.7. The van der Waals surface area contributed by atoms with Crippen LogP contribution in [0.1, 0.15) is 57.6 Å². The monoisotopic (exact) mass is 443 g/mol. The fraction of sp³-hybridized carbons (Fsp3) is 0.333. The zero-order valence-electron chi connectivity index (χ0n) is 19.9. The van der Waals surface area contributed by atoms with Gasteiger partial charge >= 0.3 is 0 Å². The van der Waals surface area contributed by atoms with Crippen LogP contribution in [0.3, 0.4) is 0 Å². The van der Waals surface area contributed by atoms with Gasteiger partial charge in [0, 0.05) is 24.2 Å². The summed E-state index contributed by atoms with van der Waals surface area (Å²) in [6, 6.07) is 15.6. The highest BCUT2D eigenvalue weighted by molar-refractivity contribution is 6.82. The molecule has 3 aromatic heterocycles. The third kappa shape index (κ3) is 3.64. The highest BCUT2D eigenvalue weighted by Gasteiger charge is 2.44. The standard InChI is InChI=1S/C27H33N3OSi/c1-19(2)32(20(3)4,21(5)6)30-15-14-24(17-30)23-12-13-26-28-25(18-29(26)16-23)27(31)22-10-8-7-9-11-22/h7-21H,1-6H3. The molecule has 166 valence electrons. The van der Waals surface area contributed by atoms with E-state index in [9.17, 15) is 4.79 Å². The Labute approximate surface area is 192 Å². The topological polar surface area (TPSA) is 39.3 Å². The van der Waals surface area contributed by atoms with Crippen LogP contribution in [-0.2, 0) is 0 Å². The first-order valence-electron chi connectivity index (χ1n) is 11.5. The van der Waals surface area contributed by atoms with Crippen molar-refractivity contribution in [2.75, 3.05) is 0 Å². The Kier molecular flexibility index (Phi) is 5.95. The molecular formula is C27H33N3OSi. The summed E-state index contributed by atoms with van der Waals surface area (Å²) in [5.74, 6) is -0.0522. The fourth-order valence-corrected chi connectivity index (χ4v) is 12.2. The van der Waals surface area contributed by atoms with E-state index in [4.69, 9.17) is 0 Å². The molecule has 0 amide bonds. The highest BCUT2D eigenvalue weighted by atomic mass is 28.3. The van der Waals surface area contributed by atoms with Crippen molar-refractivity contribution in [1.29, 1.82) is 0 Å². The Morgan fingerprint density at radius 1 is 0.781 bits per heavy atom. The number of pyridine rings is 1. The van der Waals surface area contributed by atoms with Gasteiger partial charge in [-0.25, -0.2) is 4.98 Å². The van der Waals surface area contributed by atoms with Crippen molar-refractivity contribution in [3.05, 3.63) is 84.6 Å². The lowest BCUT2D eigenvalue weighted by Gasteiger charge is -2.44. The van der Waals surface area contributed by atoms with E-state index < -0.39 is 8.24 Å². The number of aromatic nitrogens is 3. The van der Waals surface area contributed by atoms with Gasteiger partial charge in [-0.05, 0) is 52.1 Å². The molecule has 5 heteroatoms. The number of carbonyl (C=O) groups excluding carboxylic acids is 1. The number of hydrogen-bond donors (Lipinski definition) is 0. The summed E-state index contributed by atoms with van der Waals surface area (Å²) in [6.07, 6.45) is 8.53. The van der Waals surface area contributed by atoms with Gasteiger partial charge in [-0.3, -0.25) is 4.79 Å². The minimum Gasteiger partial charge on any atom is -0.379 e. The second-order valence-corrected chi connectivity index (χ2v) is 15.4. The normalized spacial score (nSPS) is 12.4. The molecule has 3 heterocycles. The summed E-state index contributed by atoms with van der Waals surface area (Å²) in [6.45, 7) is 14.3. The lowest BCUT2D eigenvalue weighted by Crippen LogP contribution is -2.51.